The van der Waals surface area contributed by atoms with E-state index >= 15 is 0 Å². The van der Waals surface area contributed by atoms with Gasteiger partial charge in [-0.2, -0.15) is 13.2 Å². The van der Waals surface area contributed by atoms with E-state index in [1.807, 2.05) is 0 Å². The second kappa shape index (κ2) is 9.31. The Kier molecular flexibility index (Phi) is 7.07. The van der Waals surface area contributed by atoms with Crippen LogP contribution in [-0.2, 0) is 12.6 Å². The van der Waals surface area contributed by atoms with E-state index in [0.717, 1.165) is 56.1 Å². The first-order chi connectivity index (χ1) is 13.0. The number of hydrogen-bond acceptors (Lipinski definition) is 2. The first-order valence-corrected chi connectivity index (χ1v) is 10.6. The Labute approximate surface area is 161 Å². The van der Waals surface area contributed by atoms with Gasteiger partial charge in [0.1, 0.15) is 0 Å². The summed E-state index contributed by atoms with van der Waals surface area (Å²) in [6.45, 7) is 7.40. The summed E-state index contributed by atoms with van der Waals surface area (Å²) < 4.78 is 39.2. The largest absolute Gasteiger partial charge is 0.416 e. The molecule has 2 aliphatic rings. The van der Waals surface area contributed by atoms with Gasteiger partial charge in [-0.1, -0.05) is 32.3 Å². The van der Waals surface area contributed by atoms with Gasteiger partial charge in [0.15, 0.2) is 0 Å². The maximum atomic E-state index is 13.1. The van der Waals surface area contributed by atoms with Gasteiger partial charge in [0.2, 0.25) is 0 Å². The number of anilines is 1. The third kappa shape index (κ3) is 5.63. The van der Waals surface area contributed by atoms with E-state index in [1.165, 1.54) is 57.3 Å². The molecule has 0 spiro atoms. The zero-order valence-electron chi connectivity index (χ0n) is 16.5. The van der Waals surface area contributed by atoms with E-state index in [1.54, 1.807) is 6.07 Å². The fraction of sp³-hybridized carbons (Fsp3) is 0.727. The Balaban J connectivity index is 1.49. The number of fused-ring (bicyclic) bond motifs is 1. The molecule has 1 fully saturated rings. The van der Waals surface area contributed by atoms with Crippen molar-refractivity contribution in [3.05, 3.63) is 29.3 Å². The molecule has 0 amide bonds. The molecule has 1 aromatic carbocycles. The highest BCUT2D eigenvalue weighted by Gasteiger charge is 2.32. The lowest BCUT2D eigenvalue weighted by Gasteiger charge is -2.34. The normalized spacial score (nSPS) is 19.3. The van der Waals surface area contributed by atoms with Crippen LogP contribution in [0.5, 0.6) is 0 Å². The number of alkyl halides is 3. The number of benzene rings is 1. The molecule has 0 bridgehead atoms. The van der Waals surface area contributed by atoms with Crippen LogP contribution in [0.15, 0.2) is 18.2 Å². The van der Waals surface area contributed by atoms with Crippen molar-refractivity contribution < 1.29 is 13.2 Å². The van der Waals surface area contributed by atoms with Gasteiger partial charge >= 0.3 is 6.18 Å². The molecule has 0 aromatic heterocycles. The van der Waals surface area contributed by atoms with Crippen molar-refractivity contribution in [2.24, 2.45) is 5.92 Å². The van der Waals surface area contributed by atoms with Crippen LogP contribution in [0.3, 0.4) is 0 Å². The number of rotatable bonds is 7. The number of hydrogen-bond donors (Lipinski definition) is 0. The molecule has 0 aliphatic carbocycles. The van der Waals surface area contributed by atoms with E-state index in [9.17, 15) is 13.2 Å². The molecule has 1 aromatic rings. The third-order valence-electron chi connectivity index (χ3n) is 6.20. The van der Waals surface area contributed by atoms with Crippen molar-refractivity contribution in [2.45, 2.75) is 64.5 Å². The van der Waals surface area contributed by atoms with Crippen LogP contribution in [0.25, 0.3) is 0 Å². The number of nitrogens with zero attached hydrogens (tertiary/aromatic N) is 2. The fourth-order valence-electron chi connectivity index (χ4n) is 4.54. The average molecular weight is 383 g/mol. The quantitative estimate of drug-likeness (QED) is 0.592. The van der Waals surface area contributed by atoms with E-state index in [2.05, 4.69) is 16.7 Å². The van der Waals surface area contributed by atoms with Crippen LogP contribution in [0.2, 0.25) is 0 Å². The van der Waals surface area contributed by atoms with Gasteiger partial charge in [-0.25, -0.2) is 0 Å². The van der Waals surface area contributed by atoms with E-state index in [4.69, 9.17) is 0 Å². The van der Waals surface area contributed by atoms with Crippen LogP contribution in [0.4, 0.5) is 18.9 Å². The molecule has 0 atom stereocenters. The van der Waals surface area contributed by atoms with Gasteiger partial charge in [0, 0.05) is 18.8 Å². The molecule has 0 radical (unpaired) electrons. The summed E-state index contributed by atoms with van der Waals surface area (Å²) in [5.41, 5.74) is 1.34. The van der Waals surface area contributed by atoms with Gasteiger partial charge < -0.3 is 9.80 Å². The van der Waals surface area contributed by atoms with Crippen molar-refractivity contribution in [3.8, 4) is 0 Å². The molecular formula is C22H33F3N2. The SMILES string of the molecule is CCCCC1CCN(CCCN2CCCc3ccc(C(F)(F)F)cc32)CC1. The molecule has 5 heteroatoms. The van der Waals surface area contributed by atoms with E-state index < -0.39 is 11.7 Å². The molecule has 2 nitrogen and oxygen atoms in total. The Morgan fingerprint density at radius 2 is 1.81 bits per heavy atom. The molecule has 0 unspecified atom stereocenters. The number of likely N-dealkylation sites (tertiary alicyclic amines) is 1. The van der Waals surface area contributed by atoms with Gasteiger partial charge in [-0.05, 0) is 75.4 Å². The fourth-order valence-corrected chi connectivity index (χ4v) is 4.54. The number of aryl methyl sites for hydroxylation is 1. The number of halogens is 3. The highest BCUT2D eigenvalue weighted by atomic mass is 19.4. The summed E-state index contributed by atoms with van der Waals surface area (Å²) in [6, 6.07) is 4.25. The monoisotopic (exact) mass is 382 g/mol. The lowest BCUT2D eigenvalue weighted by molar-refractivity contribution is -0.137. The maximum absolute atomic E-state index is 13.1. The second-order valence-electron chi connectivity index (χ2n) is 8.21. The summed E-state index contributed by atoms with van der Waals surface area (Å²) in [6.07, 6.45) is 5.29. The zero-order chi connectivity index (χ0) is 19.3. The lowest BCUT2D eigenvalue weighted by atomic mass is 9.91. The molecular weight excluding hydrogens is 349 g/mol. The first kappa shape index (κ1) is 20.5. The van der Waals surface area contributed by atoms with Gasteiger partial charge in [-0.15, -0.1) is 0 Å². The van der Waals surface area contributed by atoms with Crippen molar-refractivity contribution in [3.63, 3.8) is 0 Å². The van der Waals surface area contributed by atoms with Crippen molar-refractivity contribution >= 4 is 5.69 Å². The standard InChI is InChI=1S/C22H33F3N2/c1-2-3-6-18-10-15-26(16-11-18)12-5-14-27-13-4-7-19-8-9-20(17-21(19)27)22(23,24)25/h8-9,17-18H,2-7,10-16H2,1H3. The Morgan fingerprint density at radius 3 is 2.52 bits per heavy atom. The summed E-state index contributed by atoms with van der Waals surface area (Å²) in [5.74, 6) is 0.899. The molecule has 27 heavy (non-hydrogen) atoms. The smallest absolute Gasteiger partial charge is 0.371 e. The van der Waals surface area contributed by atoms with Crippen molar-refractivity contribution in [1.82, 2.24) is 4.90 Å². The molecule has 0 N–H and O–H groups in total. The molecule has 3 rings (SSSR count). The Bertz CT molecular complexity index is 592. The number of piperidine rings is 1. The summed E-state index contributed by atoms with van der Waals surface area (Å²) in [7, 11) is 0. The second-order valence-corrected chi connectivity index (χ2v) is 8.21. The molecule has 2 aliphatic heterocycles. The minimum Gasteiger partial charge on any atom is -0.371 e. The average Bonchev–Trinajstić information content (AvgIpc) is 2.66. The van der Waals surface area contributed by atoms with E-state index in [0.29, 0.717) is 0 Å². The number of unbranched alkanes of at least 4 members (excludes halogenated alkanes) is 1. The van der Waals surface area contributed by atoms with Crippen LogP contribution < -0.4 is 4.90 Å². The lowest BCUT2D eigenvalue weighted by Crippen LogP contribution is -2.37. The van der Waals surface area contributed by atoms with Crippen LogP contribution in [0, 0.1) is 5.92 Å². The Hall–Kier alpha value is -1.23. The zero-order valence-corrected chi connectivity index (χ0v) is 16.5. The third-order valence-corrected chi connectivity index (χ3v) is 6.20. The highest BCUT2D eigenvalue weighted by molar-refractivity contribution is 5.57. The van der Waals surface area contributed by atoms with Gasteiger partial charge in [0.05, 0.1) is 5.56 Å². The van der Waals surface area contributed by atoms with Crippen LogP contribution in [-0.4, -0.2) is 37.6 Å². The minimum absolute atomic E-state index is 0.526. The van der Waals surface area contributed by atoms with Gasteiger partial charge in [0.25, 0.3) is 0 Å². The Morgan fingerprint density at radius 1 is 1.04 bits per heavy atom. The van der Waals surface area contributed by atoms with Crippen molar-refractivity contribution in [1.29, 1.82) is 0 Å². The van der Waals surface area contributed by atoms with Crippen LogP contribution in [0.1, 0.15) is 63.0 Å². The predicted octanol–water partition coefficient (Wildman–Crippen LogP) is 5.75. The predicted molar refractivity (Wildman–Crippen MR) is 105 cm³/mol. The summed E-state index contributed by atoms with van der Waals surface area (Å²) in [4.78, 5) is 4.71. The molecule has 2 heterocycles. The first-order valence-electron chi connectivity index (χ1n) is 10.6. The molecule has 152 valence electrons. The van der Waals surface area contributed by atoms with Crippen LogP contribution >= 0.6 is 0 Å². The summed E-state index contributed by atoms with van der Waals surface area (Å²) in [5, 5.41) is 0. The summed E-state index contributed by atoms with van der Waals surface area (Å²) >= 11 is 0. The highest BCUT2D eigenvalue weighted by Crippen LogP contribution is 2.35. The van der Waals surface area contributed by atoms with Gasteiger partial charge in [-0.3, -0.25) is 0 Å². The minimum atomic E-state index is -4.26. The van der Waals surface area contributed by atoms with Crippen molar-refractivity contribution in [2.75, 3.05) is 37.6 Å². The topological polar surface area (TPSA) is 6.48 Å². The molecule has 0 saturated carbocycles. The molecule has 1 saturated heterocycles. The van der Waals surface area contributed by atoms with E-state index in [-0.39, 0.29) is 0 Å². The maximum Gasteiger partial charge on any atom is 0.416 e.